The third kappa shape index (κ3) is 3.29. The molecule has 4 heterocycles. The molecular formula is C29H33N5. The number of likely N-dealkylation sites (tertiary alicyclic amines) is 1. The Bertz CT molecular complexity index is 1420. The number of aryl methyl sites for hydroxylation is 2. The molecule has 1 unspecified atom stereocenters. The van der Waals surface area contributed by atoms with Gasteiger partial charge in [0.15, 0.2) is 5.82 Å². The average Bonchev–Trinajstić information content (AvgIpc) is 3.36. The molecule has 2 aromatic carbocycles. The van der Waals surface area contributed by atoms with Crippen molar-refractivity contribution in [3.63, 3.8) is 0 Å². The van der Waals surface area contributed by atoms with Crippen molar-refractivity contribution < 1.29 is 0 Å². The highest BCUT2D eigenvalue weighted by atomic mass is 15.2. The topological polar surface area (TPSA) is 52.0 Å². The summed E-state index contributed by atoms with van der Waals surface area (Å²) in [5.41, 5.74) is 14.9. The number of nitrogens with zero attached hydrogens (tertiary/aromatic N) is 4. The molecule has 0 bridgehead atoms. The van der Waals surface area contributed by atoms with Gasteiger partial charge in [0.25, 0.3) is 0 Å². The first-order chi connectivity index (χ1) is 16.7. The van der Waals surface area contributed by atoms with E-state index in [-0.39, 0.29) is 6.04 Å². The van der Waals surface area contributed by atoms with Crippen molar-refractivity contribution in [1.82, 2.24) is 19.0 Å². The van der Waals surface area contributed by atoms with Crippen LogP contribution in [0, 0.1) is 5.92 Å². The van der Waals surface area contributed by atoms with Crippen LogP contribution in [0.15, 0.2) is 49.0 Å². The van der Waals surface area contributed by atoms with Crippen molar-refractivity contribution in [3.05, 3.63) is 60.2 Å². The maximum absolute atomic E-state index is 6.19. The van der Waals surface area contributed by atoms with Crippen molar-refractivity contribution in [3.8, 4) is 11.5 Å². The summed E-state index contributed by atoms with van der Waals surface area (Å²) < 4.78 is 5.04. The molecule has 0 spiro atoms. The van der Waals surface area contributed by atoms with Crippen LogP contribution in [0.4, 0.5) is 0 Å². The van der Waals surface area contributed by atoms with E-state index < -0.39 is 0 Å². The molecule has 34 heavy (non-hydrogen) atoms. The summed E-state index contributed by atoms with van der Waals surface area (Å²) in [5.74, 6) is 1.93. The van der Waals surface area contributed by atoms with Gasteiger partial charge >= 0.3 is 0 Å². The first-order valence-corrected chi connectivity index (χ1v) is 13.0. The molecule has 4 aromatic rings. The number of hydrogen-bond acceptors (Lipinski definition) is 3. The number of imidazole rings is 1. The largest absolute Gasteiger partial charge is 0.370 e. The second kappa shape index (κ2) is 7.74. The normalized spacial score (nSPS) is 20.4. The second-order valence-electron chi connectivity index (χ2n) is 10.6. The average molecular weight is 452 g/mol. The molecule has 2 fully saturated rings. The van der Waals surface area contributed by atoms with Gasteiger partial charge in [-0.05, 0) is 79.8 Å². The summed E-state index contributed by atoms with van der Waals surface area (Å²) in [6.45, 7) is 8.48. The van der Waals surface area contributed by atoms with E-state index in [0.29, 0.717) is 0 Å². The van der Waals surface area contributed by atoms with Crippen LogP contribution in [0.25, 0.3) is 39.2 Å². The van der Waals surface area contributed by atoms with Crippen molar-refractivity contribution >= 4 is 27.6 Å². The van der Waals surface area contributed by atoms with Gasteiger partial charge in [0, 0.05) is 48.8 Å². The highest BCUT2D eigenvalue weighted by Crippen LogP contribution is 2.38. The summed E-state index contributed by atoms with van der Waals surface area (Å²) in [4.78, 5) is 7.67. The molecule has 2 aromatic heterocycles. The Hall–Kier alpha value is -3.05. The van der Waals surface area contributed by atoms with Gasteiger partial charge < -0.3 is 19.8 Å². The van der Waals surface area contributed by atoms with E-state index in [1.54, 1.807) is 0 Å². The van der Waals surface area contributed by atoms with Crippen LogP contribution in [0.5, 0.6) is 0 Å². The van der Waals surface area contributed by atoms with Crippen LogP contribution in [-0.4, -0.2) is 38.1 Å². The first kappa shape index (κ1) is 20.3. The fourth-order valence-electron chi connectivity index (χ4n) is 6.08. The van der Waals surface area contributed by atoms with Crippen molar-refractivity contribution in [2.75, 3.05) is 13.1 Å². The molecule has 7 rings (SSSR count). The maximum atomic E-state index is 6.19. The van der Waals surface area contributed by atoms with Gasteiger partial charge in [0.05, 0.1) is 16.7 Å². The zero-order chi connectivity index (χ0) is 22.8. The highest BCUT2D eigenvalue weighted by molar-refractivity contribution is 5.90. The molecule has 5 nitrogen and oxygen atoms in total. The zero-order valence-corrected chi connectivity index (χ0v) is 19.8. The van der Waals surface area contributed by atoms with Crippen molar-refractivity contribution in [2.24, 2.45) is 11.7 Å². The lowest BCUT2D eigenvalue weighted by molar-refractivity contribution is 0.485. The van der Waals surface area contributed by atoms with E-state index in [1.807, 2.05) is 0 Å². The molecule has 0 radical (unpaired) electrons. The number of para-hydroxylation sites is 1. The van der Waals surface area contributed by atoms with E-state index in [2.05, 4.69) is 63.1 Å². The van der Waals surface area contributed by atoms with E-state index >= 15 is 0 Å². The van der Waals surface area contributed by atoms with Gasteiger partial charge in [-0.2, -0.15) is 0 Å². The molecular weight excluding hydrogens is 418 g/mol. The Balaban J connectivity index is 1.40. The summed E-state index contributed by atoms with van der Waals surface area (Å²) in [6, 6.07) is 16.1. The fourth-order valence-corrected chi connectivity index (χ4v) is 6.08. The summed E-state index contributed by atoms with van der Waals surface area (Å²) in [5, 5.41) is 1.31. The SMILES string of the molecule is C=C(c1cc2c3c(c1)nc(-c1cc4ccccc4n1CC1CC1)n3CCCC2)N1CCC(N)C1. The Labute approximate surface area is 200 Å². The van der Waals surface area contributed by atoms with Crippen molar-refractivity contribution in [1.29, 1.82) is 0 Å². The predicted octanol–water partition coefficient (Wildman–Crippen LogP) is 5.41. The number of rotatable bonds is 5. The number of aromatic nitrogens is 3. The van der Waals surface area contributed by atoms with Gasteiger partial charge in [-0.1, -0.05) is 24.8 Å². The van der Waals surface area contributed by atoms with E-state index in [9.17, 15) is 0 Å². The lowest BCUT2D eigenvalue weighted by Gasteiger charge is -2.21. The second-order valence-corrected chi connectivity index (χ2v) is 10.6. The minimum atomic E-state index is 0.251. The Morgan fingerprint density at radius 1 is 1.06 bits per heavy atom. The van der Waals surface area contributed by atoms with Gasteiger partial charge in [-0.25, -0.2) is 4.98 Å². The number of hydrogen-bond donors (Lipinski definition) is 1. The minimum absolute atomic E-state index is 0.251. The molecule has 2 N–H and O–H groups in total. The molecule has 1 saturated carbocycles. The summed E-state index contributed by atoms with van der Waals surface area (Å²) >= 11 is 0. The van der Waals surface area contributed by atoms with Crippen LogP contribution >= 0.6 is 0 Å². The predicted molar refractivity (Wildman–Crippen MR) is 140 cm³/mol. The Morgan fingerprint density at radius 2 is 1.94 bits per heavy atom. The third-order valence-corrected chi connectivity index (χ3v) is 8.12. The van der Waals surface area contributed by atoms with E-state index in [1.165, 1.54) is 58.9 Å². The lowest BCUT2D eigenvalue weighted by atomic mass is 10.0. The smallest absolute Gasteiger partial charge is 0.157 e. The molecule has 174 valence electrons. The molecule has 2 aliphatic heterocycles. The first-order valence-electron chi connectivity index (χ1n) is 13.0. The quantitative estimate of drug-likeness (QED) is 0.442. The lowest BCUT2D eigenvalue weighted by Crippen LogP contribution is -2.25. The monoisotopic (exact) mass is 451 g/mol. The van der Waals surface area contributed by atoms with Crippen LogP contribution < -0.4 is 5.73 Å². The van der Waals surface area contributed by atoms with Crippen LogP contribution in [0.2, 0.25) is 0 Å². The van der Waals surface area contributed by atoms with Gasteiger partial charge in [-0.3, -0.25) is 0 Å². The van der Waals surface area contributed by atoms with Crippen LogP contribution in [-0.2, 0) is 19.5 Å². The molecule has 1 aliphatic carbocycles. The van der Waals surface area contributed by atoms with E-state index in [4.69, 9.17) is 10.7 Å². The van der Waals surface area contributed by atoms with Crippen LogP contribution in [0.3, 0.4) is 0 Å². The maximum Gasteiger partial charge on any atom is 0.157 e. The highest BCUT2D eigenvalue weighted by Gasteiger charge is 2.27. The molecule has 1 saturated heterocycles. The minimum Gasteiger partial charge on any atom is -0.370 e. The zero-order valence-electron chi connectivity index (χ0n) is 19.8. The standard InChI is InChI=1S/C29H33N5/c1-19(32-13-11-24(30)18-32)23-14-22-7-4-5-12-33-28(22)25(15-23)31-29(33)27-16-21-6-2-3-8-26(21)34(27)17-20-9-10-20/h2-3,6,8,14-16,20,24H,1,4-5,7,9-13,17-18,30H2. The Morgan fingerprint density at radius 3 is 2.76 bits per heavy atom. The Kier molecular flexibility index (Phi) is 4.63. The molecule has 1 atom stereocenters. The number of benzene rings is 2. The molecule has 5 heteroatoms. The van der Waals surface area contributed by atoms with Gasteiger partial charge in [0.2, 0.25) is 0 Å². The van der Waals surface area contributed by atoms with E-state index in [0.717, 1.165) is 62.0 Å². The number of fused-ring (bicyclic) bond motifs is 1. The molecule has 0 amide bonds. The van der Waals surface area contributed by atoms with Gasteiger partial charge in [-0.15, -0.1) is 0 Å². The summed E-state index contributed by atoms with van der Waals surface area (Å²) in [6.07, 6.45) is 7.24. The fraction of sp³-hybridized carbons (Fsp3) is 0.414. The molecule has 3 aliphatic rings. The third-order valence-electron chi connectivity index (χ3n) is 8.12. The summed E-state index contributed by atoms with van der Waals surface area (Å²) in [7, 11) is 0. The van der Waals surface area contributed by atoms with Crippen molar-refractivity contribution in [2.45, 2.75) is 57.7 Å². The van der Waals surface area contributed by atoms with Crippen LogP contribution in [0.1, 0.15) is 43.2 Å². The van der Waals surface area contributed by atoms with Gasteiger partial charge in [0.1, 0.15) is 0 Å². The number of nitrogens with two attached hydrogens (primary N) is 1.